The minimum absolute atomic E-state index is 0.0253. The summed E-state index contributed by atoms with van der Waals surface area (Å²) in [7, 11) is 0. The first kappa shape index (κ1) is 13.0. The zero-order valence-corrected chi connectivity index (χ0v) is 12.8. The molecule has 0 saturated heterocycles. The molecule has 0 aliphatic heterocycles. The molecule has 2 fully saturated rings. The molecule has 2 saturated carbocycles. The fourth-order valence-electron chi connectivity index (χ4n) is 3.56. The molecule has 4 rings (SSSR count). The zero-order valence-electron chi connectivity index (χ0n) is 11.2. The van der Waals surface area contributed by atoms with E-state index in [0.29, 0.717) is 11.5 Å². The van der Waals surface area contributed by atoms with Crippen LogP contribution >= 0.6 is 22.7 Å². The zero-order chi connectivity index (χ0) is 13.6. The van der Waals surface area contributed by atoms with Crippen LogP contribution in [0.4, 0.5) is 0 Å². The maximum absolute atomic E-state index is 9.41. The highest BCUT2D eigenvalue weighted by Gasteiger charge is 2.52. The minimum Gasteiger partial charge on any atom is -0.393 e. The largest absolute Gasteiger partial charge is 0.393 e. The highest BCUT2D eigenvalue weighted by molar-refractivity contribution is 7.14. The van der Waals surface area contributed by atoms with Crippen molar-refractivity contribution in [2.24, 2.45) is 5.41 Å². The Balaban J connectivity index is 1.29. The van der Waals surface area contributed by atoms with E-state index in [1.165, 1.54) is 18.4 Å². The van der Waals surface area contributed by atoms with E-state index in [1.54, 1.807) is 22.7 Å². The molecule has 2 heterocycles. The molecular weight excluding hydrogens is 288 g/mol. The standard InChI is InChI=1S/C15H18N2OS2/c18-13-5-15(6-13)3-11(4-15)16-7-12-9-20-14(17-12)10-1-2-19-8-10/h1-2,8-9,11,13,16,18H,3-7H2. The van der Waals surface area contributed by atoms with Gasteiger partial charge in [0.05, 0.1) is 11.8 Å². The Bertz CT molecular complexity index is 579. The van der Waals surface area contributed by atoms with Gasteiger partial charge in [-0.05, 0) is 42.5 Å². The SMILES string of the molecule is OC1CC2(C1)CC(NCc1csc(-c3ccsc3)n1)C2. The molecule has 2 aromatic heterocycles. The fourth-order valence-corrected chi connectivity index (χ4v) is 5.09. The maximum Gasteiger partial charge on any atom is 0.124 e. The molecule has 20 heavy (non-hydrogen) atoms. The molecule has 106 valence electrons. The molecule has 0 bridgehead atoms. The molecule has 0 radical (unpaired) electrons. The molecule has 1 spiro atoms. The van der Waals surface area contributed by atoms with E-state index in [2.05, 4.69) is 32.5 Å². The molecule has 3 nitrogen and oxygen atoms in total. The summed E-state index contributed by atoms with van der Waals surface area (Å²) in [5, 5.41) is 20.5. The number of thiazole rings is 1. The second-order valence-electron chi connectivity index (χ2n) is 6.20. The van der Waals surface area contributed by atoms with Gasteiger partial charge in [0.25, 0.3) is 0 Å². The molecule has 5 heteroatoms. The van der Waals surface area contributed by atoms with Gasteiger partial charge in [0.15, 0.2) is 0 Å². The Morgan fingerprint density at radius 2 is 2.15 bits per heavy atom. The Hall–Kier alpha value is -0.750. The Morgan fingerprint density at radius 3 is 2.85 bits per heavy atom. The van der Waals surface area contributed by atoms with Crippen LogP contribution in [0.25, 0.3) is 10.6 Å². The number of aliphatic hydroxyl groups is 1. The normalized spacial score (nSPS) is 32.0. The van der Waals surface area contributed by atoms with Gasteiger partial charge >= 0.3 is 0 Å². The Labute approximate surface area is 126 Å². The molecule has 2 aliphatic carbocycles. The average Bonchev–Trinajstić information content (AvgIpc) is 3.00. The quantitative estimate of drug-likeness (QED) is 0.911. The van der Waals surface area contributed by atoms with E-state index < -0.39 is 0 Å². The first-order chi connectivity index (χ1) is 9.72. The maximum atomic E-state index is 9.41. The predicted octanol–water partition coefficient (Wildman–Crippen LogP) is 3.26. The summed E-state index contributed by atoms with van der Waals surface area (Å²) >= 11 is 3.44. The van der Waals surface area contributed by atoms with E-state index >= 15 is 0 Å². The summed E-state index contributed by atoms with van der Waals surface area (Å²) < 4.78 is 0. The van der Waals surface area contributed by atoms with Gasteiger partial charge in [0.2, 0.25) is 0 Å². The van der Waals surface area contributed by atoms with Crippen molar-refractivity contribution in [3.05, 3.63) is 27.9 Å². The number of nitrogens with one attached hydrogen (secondary N) is 1. The summed E-state index contributed by atoms with van der Waals surface area (Å²) in [5.74, 6) is 0. The van der Waals surface area contributed by atoms with Gasteiger partial charge in [0.1, 0.15) is 5.01 Å². The van der Waals surface area contributed by atoms with Gasteiger partial charge in [0, 0.05) is 28.9 Å². The van der Waals surface area contributed by atoms with Crippen LogP contribution in [0.2, 0.25) is 0 Å². The number of hydrogen-bond donors (Lipinski definition) is 2. The van der Waals surface area contributed by atoms with Crippen LogP contribution < -0.4 is 5.32 Å². The smallest absolute Gasteiger partial charge is 0.124 e. The molecule has 0 atom stereocenters. The summed E-state index contributed by atoms with van der Waals surface area (Å²) in [6.07, 6.45) is 4.47. The van der Waals surface area contributed by atoms with Crippen molar-refractivity contribution in [2.75, 3.05) is 0 Å². The van der Waals surface area contributed by atoms with Gasteiger partial charge in [-0.3, -0.25) is 0 Å². The lowest BCUT2D eigenvalue weighted by molar-refractivity contribution is -0.0972. The second kappa shape index (κ2) is 4.91. The van der Waals surface area contributed by atoms with Gasteiger partial charge < -0.3 is 10.4 Å². The van der Waals surface area contributed by atoms with Crippen LogP contribution in [0.3, 0.4) is 0 Å². The predicted molar refractivity (Wildman–Crippen MR) is 83.0 cm³/mol. The lowest BCUT2D eigenvalue weighted by Crippen LogP contribution is -2.56. The molecular formula is C15H18N2OS2. The van der Waals surface area contributed by atoms with Gasteiger partial charge in [-0.2, -0.15) is 11.3 Å². The number of rotatable bonds is 4. The number of aromatic nitrogens is 1. The highest BCUT2D eigenvalue weighted by atomic mass is 32.1. The first-order valence-electron chi connectivity index (χ1n) is 7.11. The van der Waals surface area contributed by atoms with Crippen molar-refractivity contribution in [3.8, 4) is 10.6 Å². The van der Waals surface area contributed by atoms with Crippen LogP contribution in [-0.4, -0.2) is 22.2 Å². The topological polar surface area (TPSA) is 45.1 Å². The number of thiophene rings is 1. The second-order valence-corrected chi connectivity index (χ2v) is 7.84. The van der Waals surface area contributed by atoms with Crippen LogP contribution in [-0.2, 0) is 6.54 Å². The van der Waals surface area contributed by atoms with Crippen LogP contribution in [0, 0.1) is 5.41 Å². The lowest BCUT2D eigenvalue weighted by Gasteiger charge is -2.56. The lowest BCUT2D eigenvalue weighted by atomic mass is 9.53. The summed E-state index contributed by atoms with van der Waals surface area (Å²) in [4.78, 5) is 4.69. The molecule has 0 aromatic carbocycles. The van der Waals surface area contributed by atoms with Crippen LogP contribution in [0.15, 0.2) is 22.2 Å². The van der Waals surface area contributed by atoms with Crippen molar-refractivity contribution in [3.63, 3.8) is 0 Å². The summed E-state index contributed by atoms with van der Waals surface area (Å²) in [5.41, 5.74) is 2.86. The van der Waals surface area contributed by atoms with E-state index in [9.17, 15) is 5.11 Å². The number of nitrogens with zero attached hydrogens (tertiary/aromatic N) is 1. The summed E-state index contributed by atoms with van der Waals surface area (Å²) in [6.45, 7) is 0.865. The summed E-state index contributed by atoms with van der Waals surface area (Å²) in [6, 6.07) is 2.74. The Kier molecular flexibility index (Phi) is 3.18. The Morgan fingerprint density at radius 1 is 1.30 bits per heavy atom. The van der Waals surface area contributed by atoms with Gasteiger partial charge in [-0.15, -0.1) is 11.3 Å². The average molecular weight is 306 g/mol. The van der Waals surface area contributed by atoms with Crippen LogP contribution in [0.5, 0.6) is 0 Å². The number of hydrogen-bond acceptors (Lipinski definition) is 5. The molecule has 0 unspecified atom stereocenters. The van der Waals surface area contributed by atoms with Crippen molar-refractivity contribution < 1.29 is 5.11 Å². The van der Waals surface area contributed by atoms with Crippen molar-refractivity contribution in [1.82, 2.24) is 10.3 Å². The molecule has 2 aromatic rings. The number of aliphatic hydroxyl groups excluding tert-OH is 1. The fraction of sp³-hybridized carbons (Fsp3) is 0.533. The third-order valence-corrected chi connectivity index (χ3v) is 6.21. The van der Waals surface area contributed by atoms with E-state index in [0.717, 1.165) is 30.1 Å². The van der Waals surface area contributed by atoms with E-state index in [-0.39, 0.29) is 6.10 Å². The van der Waals surface area contributed by atoms with E-state index in [4.69, 9.17) is 0 Å². The third-order valence-electron chi connectivity index (χ3n) is 4.59. The van der Waals surface area contributed by atoms with Crippen molar-refractivity contribution in [2.45, 2.75) is 44.4 Å². The first-order valence-corrected chi connectivity index (χ1v) is 8.93. The monoisotopic (exact) mass is 306 g/mol. The third kappa shape index (κ3) is 2.33. The van der Waals surface area contributed by atoms with Crippen molar-refractivity contribution >= 4 is 22.7 Å². The molecule has 2 N–H and O–H groups in total. The molecule has 0 amide bonds. The van der Waals surface area contributed by atoms with Gasteiger partial charge in [-0.25, -0.2) is 4.98 Å². The highest BCUT2D eigenvalue weighted by Crippen LogP contribution is 2.55. The van der Waals surface area contributed by atoms with Gasteiger partial charge in [-0.1, -0.05) is 0 Å². The minimum atomic E-state index is -0.0253. The van der Waals surface area contributed by atoms with Crippen molar-refractivity contribution in [1.29, 1.82) is 0 Å². The van der Waals surface area contributed by atoms with E-state index in [1.807, 2.05) is 0 Å². The van der Waals surface area contributed by atoms with Crippen LogP contribution in [0.1, 0.15) is 31.4 Å². The molecule has 2 aliphatic rings.